The molecule has 0 saturated carbocycles. The Balaban J connectivity index is 1.24. The van der Waals surface area contributed by atoms with Crippen LogP contribution in [0.2, 0.25) is 0 Å². The molecule has 0 bridgehead atoms. The normalized spacial score (nSPS) is 22.1. The molecular weight excluding hydrogens is 426 g/mol. The van der Waals surface area contributed by atoms with Gasteiger partial charge in [-0.2, -0.15) is 4.31 Å². The molecule has 1 aromatic carbocycles. The quantitative estimate of drug-likeness (QED) is 0.704. The number of nitrogens with zero attached hydrogens (tertiary/aromatic N) is 4. The van der Waals surface area contributed by atoms with E-state index in [1.807, 2.05) is 0 Å². The van der Waals surface area contributed by atoms with E-state index in [4.69, 9.17) is 0 Å². The lowest BCUT2D eigenvalue weighted by Crippen LogP contribution is -2.73. The SMILES string of the molecule is O=C1NC(=O)/C(=C\c2nccc(N3CC4(C3)CN(S(=O)(=O)c3ccccc3)C4)n2)S1. The number of imide groups is 1. The number of sulfonamides is 1. The molecular formula is C19H17N5O4S2. The molecule has 3 fully saturated rings. The molecule has 3 aliphatic rings. The molecule has 2 aromatic rings. The Hall–Kier alpha value is -2.76. The third kappa shape index (κ3) is 3.28. The number of benzene rings is 1. The molecule has 11 heteroatoms. The molecule has 1 aromatic heterocycles. The number of hydrogen-bond acceptors (Lipinski definition) is 8. The van der Waals surface area contributed by atoms with E-state index in [2.05, 4.69) is 20.2 Å². The van der Waals surface area contributed by atoms with Crippen LogP contribution >= 0.6 is 11.8 Å². The number of rotatable bonds is 4. The predicted octanol–water partition coefficient (Wildman–Crippen LogP) is 1.31. The molecule has 3 aliphatic heterocycles. The van der Waals surface area contributed by atoms with Crippen molar-refractivity contribution in [1.29, 1.82) is 0 Å². The lowest BCUT2D eigenvalue weighted by atomic mass is 9.74. The fraction of sp³-hybridized carbons (Fsp3) is 0.263. The van der Waals surface area contributed by atoms with Crippen molar-refractivity contribution in [2.75, 3.05) is 31.1 Å². The van der Waals surface area contributed by atoms with Crippen molar-refractivity contribution in [3.05, 3.63) is 53.3 Å². The minimum Gasteiger partial charge on any atom is -0.355 e. The number of anilines is 1. The standard InChI is InChI=1S/C19H17N5O4S2/c25-17-14(29-18(26)22-17)8-15-20-7-6-16(21-15)23-9-19(10-23)11-24(12-19)30(27,28)13-4-2-1-3-5-13/h1-8H,9-12H2,(H,22,25,26)/b14-8+. The Morgan fingerprint density at radius 3 is 2.47 bits per heavy atom. The van der Waals surface area contributed by atoms with Crippen molar-refractivity contribution in [2.24, 2.45) is 5.41 Å². The highest BCUT2D eigenvalue weighted by atomic mass is 32.2. The molecule has 4 heterocycles. The van der Waals surface area contributed by atoms with E-state index >= 15 is 0 Å². The summed E-state index contributed by atoms with van der Waals surface area (Å²) in [5.41, 5.74) is -0.0565. The number of amides is 2. The van der Waals surface area contributed by atoms with Crippen molar-refractivity contribution in [2.45, 2.75) is 4.90 Å². The number of carbonyl (C=O) groups is 2. The second kappa shape index (κ2) is 6.89. The van der Waals surface area contributed by atoms with Crippen LogP contribution in [-0.4, -0.2) is 60.0 Å². The van der Waals surface area contributed by atoms with Crippen molar-refractivity contribution >= 4 is 44.8 Å². The average Bonchev–Trinajstić information content (AvgIpc) is 2.97. The molecule has 1 spiro atoms. The van der Waals surface area contributed by atoms with Crippen LogP contribution in [0.4, 0.5) is 10.6 Å². The summed E-state index contributed by atoms with van der Waals surface area (Å²) in [4.78, 5) is 34.2. The van der Waals surface area contributed by atoms with Crippen LogP contribution in [0.1, 0.15) is 5.82 Å². The summed E-state index contributed by atoms with van der Waals surface area (Å²) in [6.07, 6.45) is 3.09. The zero-order valence-corrected chi connectivity index (χ0v) is 17.3. The smallest absolute Gasteiger partial charge is 0.290 e. The van der Waals surface area contributed by atoms with E-state index in [-0.39, 0.29) is 10.3 Å². The zero-order chi connectivity index (χ0) is 20.9. The van der Waals surface area contributed by atoms with Gasteiger partial charge < -0.3 is 4.90 Å². The lowest BCUT2D eigenvalue weighted by molar-refractivity contribution is -0.115. The molecule has 0 atom stereocenters. The summed E-state index contributed by atoms with van der Waals surface area (Å²) in [5.74, 6) is 0.611. The van der Waals surface area contributed by atoms with Crippen LogP contribution in [0.3, 0.4) is 0 Å². The first kappa shape index (κ1) is 19.2. The van der Waals surface area contributed by atoms with Gasteiger partial charge in [-0.05, 0) is 30.0 Å². The fourth-order valence-corrected chi connectivity index (χ4v) is 6.22. The van der Waals surface area contributed by atoms with Crippen LogP contribution in [0.15, 0.2) is 52.4 Å². The largest absolute Gasteiger partial charge is 0.355 e. The van der Waals surface area contributed by atoms with Gasteiger partial charge in [0.15, 0.2) is 5.82 Å². The van der Waals surface area contributed by atoms with Gasteiger partial charge in [-0.15, -0.1) is 0 Å². The maximum Gasteiger partial charge on any atom is 0.290 e. The third-order valence-electron chi connectivity index (χ3n) is 5.34. The van der Waals surface area contributed by atoms with Crippen LogP contribution in [0.5, 0.6) is 0 Å². The second-order valence-electron chi connectivity index (χ2n) is 7.57. The number of carbonyl (C=O) groups excluding carboxylic acids is 2. The van der Waals surface area contributed by atoms with Crippen molar-refractivity contribution in [3.8, 4) is 0 Å². The number of nitrogens with one attached hydrogen (secondary N) is 1. The number of aromatic nitrogens is 2. The Bertz CT molecular complexity index is 1170. The molecule has 154 valence electrons. The number of thioether (sulfide) groups is 1. The predicted molar refractivity (Wildman–Crippen MR) is 111 cm³/mol. The maximum absolute atomic E-state index is 12.7. The van der Waals surface area contributed by atoms with Crippen LogP contribution in [-0.2, 0) is 14.8 Å². The summed E-state index contributed by atoms with van der Waals surface area (Å²) < 4.78 is 26.9. The second-order valence-corrected chi connectivity index (χ2v) is 10.5. The zero-order valence-electron chi connectivity index (χ0n) is 15.7. The van der Waals surface area contributed by atoms with Crippen molar-refractivity contribution in [3.63, 3.8) is 0 Å². The third-order valence-corrected chi connectivity index (χ3v) is 7.96. The minimum atomic E-state index is -3.45. The Morgan fingerprint density at radius 2 is 1.80 bits per heavy atom. The van der Waals surface area contributed by atoms with Gasteiger partial charge in [-0.1, -0.05) is 18.2 Å². The summed E-state index contributed by atoms with van der Waals surface area (Å²) in [7, 11) is -3.45. The van der Waals surface area contributed by atoms with E-state index < -0.39 is 21.2 Å². The Labute approximate surface area is 177 Å². The first-order valence-electron chi connectivity index (χ1n) is 9.23. The summed E-state index contributed by atoms with van der Waals surface area (Å²) in [5, 5.41) is 1.79. The highest BCUT2D eigenvalue weighted by molar-refractivity contribution is 8.18. The summed E-state index contributed by atoms with van der Waals surface area (Å²) in [6, 6.07) is 10.2. The van der Waals surface area contributed by atoms with Crippen molar-refractivity contribution < 1.29 is 18.0 Å². The van der Waals surface area contributed by atoms with Gasteiger partial charge in [0, 0.05) is 43.9 Å². The van der Waals surface area contributed by atoms with Gasteiger partial charge in [0.25, 0.3) is 11.1 Å². The number of hydrogen-bond donors (Lipinski definition) is 1. The molecule has 5 rings (SSSR count). The van der Waals surface area contributed by atoms with Gasteiger partial charge in [0.05, 0.1) is 9.80 Å². The van der Waals surface area contributed by atoms with Crippen LogP contribution in [0, 0.1) is 5.41 Å². The minimum absolute atomic E-state index is 0.0565. The monoisotopic (exact) mass is 443 g/mol. The molecule has 3 saturated heterocycles. The maximum atomic E-state index is 12.7. The molecule has 0 aliphatic carbocycles. The highest BCUT2D eigenvalue weighted by Crippen LogP contribution is 2.43. The van der Waals surface area contributed by atoms with Gasteiger partial charge in [-0.3, -0.25) is 14.9 Å². The van der Waals surface area contributed by atoms with E-state index in [1.54, 1.807) is 42.6 Å². The van der Waals surface area contributed by atoms with Crippen molar-refractivity contribution in [1.82, 2.24) is 19.6 Å². The molecule has 1 N–H and O–H groups in total. The van der Waals surface area contributed by atoms with Crippen LogP contribution in [0.25, 0.3) is 6.08 Å². The van der Waals surface area contributed by atoms with E-state index in [0.29, 0.717) is 42.7 Å². The van der Waals surface area contributed by atoms with Gasteiger partial charge >= 0.3 is 0 Å². The molecule has 0 unspecified atom stereocenters. The Kier molecular flexibility index (Phi) is 4.42. The lowest BCUT2D eigenvalue weighted by Gasteiger charge is -2.59. The molecule has 2 amide bonds. The average molecular weight is 444 g/mol. The van der Waals surface area contributed by atoms with E-state index in [9.17, 15) is 18.0 Å². The van der Waals surface area contributed by atoms with E-state index in [1.165, 1.54) is 10.4 Å². The molecule has 0 radical (unpaired) electrons. The molecule has 9 nitrogen and oxygen atoms in total. The van der Waals surface area contributed by atoms with E-state index in [0.717, 1.165) is 11.8 Å². The van der Waals surface area contributed by atoms with Gasteiger partial charge in [0.2, 0.25) is 10.0 Å². The van der Waals surface area contributed by atoms with Gasteiger partial charge in [0.1, 0.15) is 5.82 Å². The Morgan fingerprint density at radius 1 is 1.07 bits per heavy atom. The van der Waals surface area contributed by atoms with Crippen LogP contribution < -0.4 is 10.2 Å². The molecule has 30 heavy (non-hydrogen) atoms. The fourth-order valence-electron chi connectivity index (χ4n) is 3.89. The topological polar surface area (TPSA) is 113 Å². The first-order valence-corrected chi connectivity index (χ1v) is 11.5. The van der Waals surface area contributed by atoms with Gasteiger partial charge in [-0.25, -0.2) is 18.4 Å². The first-order chi connectivity index (χ1) is 14.3. The summed E-state index contributed by atoms with van der Waals surface area (Å²) >= 11 is 0.821. The summed E-state index contributed by atoms with van der Waals surface area (Å²) in [6.45, 7) is 2.38. The highest BCUT2D eigenvalue weighted by Gasteiger charge is 2.55.